The van der Waals surface area contributed by atoms with E-state index in [4.69, 9.17) is 18.9 Å². The normalized spacial score (nSPS) is 14.9. The van der Waals surface area contributed by atoms with Crippen LogP contribution in [0.1, 0.15) is 486 Å². The molecule has 2 fully saturated rings. The number of carbonyl (C=O) groups is 4. The van der Waals surface area contributed by atoms with E-state index >= 15 is 0 Å². The molecule has 2 aliphatic rings. The fourth-order valence-corrected chi connectivity index (χ4v) is 18.7. The maximum absolute atomic E-state index is 14.0. The topological polar surface area (TPSA) is 159 Å². The standard InChI is InChI=1S/C106H204N4O10/c1-10-17-23-29-40-48-62-95(59-45-26-20-13-4)86-103(113)117-90-99(67-53-55-75-107(74-16-7)78-80-109(82-84-111)101-69-57-70-101)91-118-105(115)88-97(61-47-28-22-15-6)65-51-43-38-36-34-32-33-35-37-39-44-52-66-98(64-50-42-31-25-19-12-3)89-106(116)120-93-100(92-119-104(114)87-96(60-46-27-21-14-5)63-49-41-30-24-18-11-2)68-54-56-76-108(77-73-94(8)9)79-81-110(83-85-112)102-71-58-72-102/h16,94-102,111-112H,7,10-15,17-93H2,1-6,8-9H3. The van der Waals surface area contributed by atoms with Gasteiger partial charge < -0.3 is 34.1 Å². The predicted octanol–water partition coefficient (Wildman–Crippen LogP) is 27.9. The van der Waals surface area contributed by atoms with Gasteiger partial charge in [-0.2, -0.15) is 0 Å². The highest BCUT2D eigenvalue weighted by Gasteiger charge is 2.28. The highest BCUT2D eigenvalue weighted by Crippen LogP contribution is 2.31. The molecule has 0 aromatic heterocycles. The molecule has 708 valence electrons. The summed E-state index contributed by atoms with van der Waals surface area (Å²) >= 11 is 0. The van der Waals surface area contributed by atoms with Crippen LogP contribution in [-0.4, -0.2) is 171 Å². The molecule has 0 aromatic carbocycles. The van der Waals surface area contributed by atoms with E-state index in [1.165, 1.54) is 308 Å². The van der Waals surface area contributed by atoms with E-state index in [0.717, 1.165) is 162 Å². The van der Waals surface area contributed by atoms with Gasteiger partial charge in [-0.3, -0.25) is 33.9 Å². The SMILES string of the molecule is C=CCN(CCCCC(COC(=O)CC(CCCCCC)CCCCCCCC)COC(=O)CC(CCCCCC)CCCCCCCCCCCCCCC(CCCCCCCC)CC(=O)OCC(CCCCN(CCC(C)C)CCN(CCO)C1CCC1)COC(=O)CC(CCCCCC)CCCCCCCC)CCN(CCO)C1CCC1. The fourth-order valence-electron chi connectivity index (χ4n) is 18.7. The number of rotatable bonds is 94. The Morgan fingerprint density at radius 3 is 0.767 bits per heavy atom. The van der Waals surface area contributed by atoms with Gasteiger partial charge in [0.15, 0.2) is 0 Å². The fraction of sp³-hybridized carbons (Fsp3) is 0.943. The summed E-state index contributed by atoms with van der Waals surface area (Å²) in [5, 5.41) is 19.7. The van der Waals surface area contributed by atoms with Gasteiger partial charge in [-0.25, -0.2) is 0 Å². The van der Waals surface area contributed by atoms with E-state index in [9.17, 15) is 29.4 Å². The molecule has 0 amide bonds. The molecule has 0 radical (unpaired) electrons. The molecule has 0 bridgehead atoms. The lowest BCUT2D eigenvalue weighted by molar-refractivity contribution is -0.152. The van der Waals surface area contributed by atoms with Gasteiger partial charge in [-0.1, -0.05) is 357 Å². The summed E-state index contributed by atoms with van der Waals surface area (Å²) in [4.78, 5) is 65.6. The molecule has 2 rings (SSSR count). The summed E-state index contributed by atoms with van der Waals surface area (Å²) in [5.74, 6) is 1.72. The third-order valence-corrected chi connectivity index (χ3v) is 27.5. The number of aliphatic hydroxyl groups excluding tert-OH is 2. The number of ether oxygens (including phenoxy) is 4. The van der Waals surface area contributed by atoms with Crippen LogP contribution in [-0.2, 0) is 38.1 Å². The molecule has 120 heavy (non-hydrogen) atoms. The minimum Gasteiger partial charge on any atom is -0.465 e. The molecule has 14 heteroatoms. The largest absolute Gasteiger partial charge is 0.465 e. The lowest BCUT2D eigenvalue weighted by Gasteiger charge is -2.38. The number of aliphatic hydroxyl groups is 2. The molecule has 2 N–H and O–H groups in total. The third-order valence-electron chi connectivity index (χ3n) is 27.5. The Morgan fingerprint density at radius 1 is 0.292 bits per heavy atom. The molecule has 14 nitrogen and oxygen atoms in total. The van der Waals surface area contributed by atoms with E-state index in [1.807, 2.05) is 6.08 Å². The molecule has 6 atom stereocenters. The smallest absolute Gasteiger partial charge is 0.306 e. The van der Waals surface area contributed by atoms with E-state index in [2.05, 4.69) is 81.6 Å². The Kier molecular flexibility index (Phi) is 78.8. The van der Waals surface area contributed by atoms with Crippen LogP contribution < -0.4 is 0 Å². The van der Waals surface area contributed by atoms with Crippen molar-refractivity contribution in [3.05, 3.63) is 12.7 Å². The third kappa shape index (κ3) is 66.7. The summed E-state index contributed by atoms with van der Waals surface area (Å²) in [5.41, 5.74) is 0. The first-order valence-corrected chi connectivity index (χ1v) is 53.1. The van der Waals surface area contributed by atoms with Crippen LogP contribution in [0.5, 0.6) is 0 Å². The first-order valence-electron chi connectivity index (χ1n) is 53.1. The first-order chi connectivity index (χ1) is 58.7. The Hall–Kier alpha value is -2.62. The molecule has 0 aromatic rings. The van der Waals surface area contributed by atoms with Crippen molar-refractivity contribution in [3.63, 3.8) is 0 Å². The Balaban J connectivity index is 1.99. The Bertz CT molecular complexity index is 2270. The quantitative estimate of drug-likeness (QED) is 0.0256. The highest BCUT2D eigenvalue weighted by atomic mass is 16.6. The average molecular weight is 1690 g/mol. The predicted molar refractivity (Wildman–Crippen MR) is 511 cm³/mol. The number of nitrogens with zero attached hydrogens (tertiary/aromatic N) is 4. The van der Waals surface area contributed by atoms with Crippen LogP contribution in [0.25, 0.3) is 0 Å². The lowest BCUT2D eigenvalue weighted by Crippen LogP contribution is -2.46. The van der Waals surface area contributed by atoms with Crippen LogP contribution in [0.3, 0.4) is 0 Å². The monoisotopic (exact) mass is 1690 g/mol. The molecule has 6 unspecified atom stereocenters. The number of esters is 4. The summed E-state index contributed by atoms with van der Waals surface area (Å²) in [7, 11) is 0. The first kappa shape index (κ1) is 113. The van der Waals surface area contributed by atoms with Gasteiger partial charge in [-0.15, -0.1) is 6.58 Å². The minimum absolute atomic E-state index is 0.0134. The van der Waals surface area contributed by atoms with Crippen molar-refractivity contribution in [1.82, 2.24) is 19.6 Å². The Labute approximate surface area is 744 Å². The second-order valence-electron chi connectivity index (χ2n) is 39.1. The maximum Gasteiger partial charge on any atom is 0.306 e. The molecule has 0 saturated heterocycles. The van der Waals surface area contributed by atoms with Crippen LogP contribution in [0.4, 0.5) is 0 Å². The average Bonchev–Trinajstić information content (AvgIpc) is 0.873. The van der Waals surface area contributed by atoms with Crippen molar-refractivity contribution < 1.29 is 48.3 Å². The summed E-state index contributed by atoms with van der Waals surface area (Å²) in [6.07, 6.45) is 79.6. The second-order valence-corrected chi connectivity index (χ2v) is 39.1. The van der Waals surface area contributed by atoms with Crippen molar-refractivity contribution in [2.24, 2.45) is 41.4 Å². The number of hydrogen-bond acceptors (Lipinski definition) is 14. The molecular formula is C106H204N4O10. The van der Waals surface area contributed by atoms with Crippen LogP contribution in [0, 0.1) is 41.4 Å². The van der Waals surface area contributed by atoms with E-state index in [0.29, 0.717) is 93.8 Å². The van der Waals surface area contributed by atoms with Gasteiger partial charge in [0, 0.05) is 95.4 Å². The maximum atomic E-state index is 14.0. The van der Waals surface area contributed by atoms with Crippen molar-refractivity contribution in [1.29, 1.82) is 0 Å². The van der Waals surface area contributed by atoms with Crippen molar-refractivity contribution in [2.75, 3.05) is 105 Å². The zero-order chi connectivity index (χ0) is 87.0. The number of carbonyl (C=O) groups excluding carboxylic acids is 4. The molecule has 0 aliphatic heterocycles. The molecule has 2 aliphatic carbocycles. The zero-order valence-corrected chi connectivity index (χ0v) is 81.1. The molecule has 0 spiro atoms. The summed E-state index contributed by atoms with van der Waals surface area (Å²) in [6, 6.07) is 1.22. The summed E-state index contributed by atoms with van der Waals surface area (Å²) < 4.78 is 25.0. The van der Waals surface area contributed by atoms with E-state index in [-0.39, 0.29) is 48.9 Å². The molecule has 2 saturated carbocycles. The molecular weight excluding hydrogens is 1490 g/mol. The van der Waals surface area contributed by atoms with Crippen molar-refractivity contribution in [3.8, 4) is 0 Å². The number of hydrogen-bond donors (Lipinski definition) is 2. The second kappa shape index (κ2) is 83.3. The van der Waals surface area contributed by atoms with Gasteiger partial charge in [-0.05, 0) is 158 Å². The van der Waals surface area contributed by atoms with Crippen molar-refractivity contribution >= 4 is 23.9 Å². The Morgan fingerprint density at radius 2 is 0.525 bits per heavy atom. The summed E-state index contributed by atoms with van der Waals surface area (Å²) in [6.45, 7) is 33.4. The van der Waals surface area contributed by atoms with Gasteiger partial charge >= 0.3 is 23.9 Å². The zero-order valence-electron chi connectivity index (χ0n) is 81.1. The van der Waals surface area contributed by atoms with E-state index < -0.39 is 0 Å². The molecule has 0 heterocycles. The minimum atomic E-state index is -0.0866. The van der Waals surface area contributed by atoms with E-state index in [1.54, 1.807) is 0 Å². The van der Waals surface area contributed by atoms with Crippen LogP contribution in [0.15, 0.2) is 12.7 Å². The highest BCUT2D eigenvalue weighted by molar-refractivity contribution is 5.71. The van der Waals surface area contributed by atoms with Crippen LogP contribution in [0.2, 0.25) is 0 Å². The van der Waals surface area contributed by atoms with Gasteiger partial charge in [0.05, 0.1) is 39.6 Å². The number of unbranched alkanes of at least 4 members (excludes halogenated alkanes) is 37. The van der Waals surface area contributed by atoms with Gasteiger partial charge in [0.1, 0.15) is 0 Å². The lowest BCUT2D eigenvalue weighted by atomic mass is 9.91. The van der Waals surface area contributed by atoms with Gasteiger partial charge in [0.25, 0.3) is 0 Å². The van der Waals surface area contributed by atoms with Gasteiger partial charge in [0.2, 0.25) is 0 Å². The van der Waals surface area contributed by atoms with Crippen molar-refractivity contribution in [2.45, 2.75) is 498 Å². The van der Waals surface area contributed by atoms with Crippen LogP contribution >= 0.6 is 0 Å².